The number of hydrogen-bond acceptors (Lipinski definition) is 8. The quantitative estimate of drug-likeness (QED) is 0.157. The maximum absolute atomic E-state index is 13.9. The van der Waals surface area contributed by atoms with Crippen molar-refractivity contribution in [3.05, 3.63) is 378 Å². The standard InChI is InChI=1S/C37H38F3N3S.C33H34N2S.C29H23N.4C2H6/c1-24-5-9-30-27(19-24)21-28-20-25(2)6-10-31(28)36(30)26-7-11-34-32(22-26)43(14-4-13-42-17-15-41(3)16-18-42)33-23-29(37(38,39)40)8-12-35(33)44-34;1-21-10-13-27-25(16-21)18-26-17-22(2)11-14-28(26)33(27)24-12-15-32-30(19-24)35(20-23(3)34(4)5)29-8-6-7-9-31(29)36-32;1-18-7-10-25-22(13-18)17-23-14-19(2)8-11-26(23)29(25)21-9-12-28-24(16-21)15-20-5-3-4-6-27(20)30-28;4*1-2/h5-6,8-12,19-20,22-23H,4,7,13-18,21H2,1-3H3;6-11,13-17,19,23H,12,18,20H2,1-5H3;3-14,16H,15,17H2,1-2H3;4*1-2H3. The van der Waals surface area contributed by atoms with Crippen LogP contribution in [0.5, 0.6) is 0 Å². The van der Waals surface area contributed by atoms with Crippen molar-refractivity contribution in [2.75, 3.05) is 76.8 Å². The minimum atomic E-state index is -4.39. The van der Waals surface area contributed by atoms with E-state index in [-0.39, 0.29) is 0 Å². The lowest BCUT2D eigenvalue weighted by atomic mass is 9.78. The van der Waals surface area contributed by atoms with Gasteiger partial charge >= 0.3 is 6.18 Å². The third kappa shape index (κ3) is 18.5. The molecule has 0 bridgehead atoms. The Labute approximate surface area is 711 Å². The Morgan fingerprint density at radius 3 is 1.31 bits per heavy atom. The Bertz CT molecular complexity index is 5580. The molecule has 4 heterocycles. The van der Waals surface area contributed by atoms with E-state index in [1.54, 1.807) is 17.8 Å². The Morgan fingerprint density at radius 2 is 0.847 bits per heavy atom. The molecule has 0 aromatic heterocycles. The fourth-order valence-electron chi connectivity index (χ4n) is 17.6. The lowest BCUT2D eigenvalue weighted by Gasteiger charge is -2.39. The first-order valence-electron chi connectivity index (χ1n) is 43.2. The van der Waals surface area contributed by atoms with Gasteiger partial charge in [-0.05, 0) is 286 Å². The lowest BCUT2D eigenvalue weighted by Crippen LogP contribution is -2.45. The molecule has 1 atom stereocenters. The number of piperazine rings is 1. The monoisotopic (exact) mass is 1610 g/mol. The lowest BCUT2D eigenvalue weighted by molar-refractivity contribution is -0.137. The average molecular weight is 1610 g/mol. The molecule has 11 heteroatoms. The highest BCUT2D eigenvalue weighted by Crippen LogP contribution is 2.53. The number of fused-ring (bicyclic) bond motifs is 12. The van der Waals surface area contributed by atoms with Crippen LogP contribution in [0.3, 0.4) is 0 Å². The van der Waals surface area contributed by atoms with Gasteiger partial charge in [0, 0.05) is 71.3 Å². The van der Waals surface area contributed by atoms with Crippen molar-refractivity contribution >= 4 is 57.3 Å². The Hall–Kier alpha value is -9.72. The highest BCUT2D eigenvalue weighted by Gasteiger charge is 2.37. The minimum Gasteiger partial charge on any atom is -0.340 e. The smallest absolute Gasteiger partial charge is 0.340 e. The number of thioether (sulfide) groups is 2. The third-order valence-electron chi connectivity index (χ3n) is 23.6. The van der Waals surface area contributed by atoms with Gasteiger partial charge < -0.3 is 24.5 Å². The fraction of sp³-hybridized carbons (Fsp3) is 0.318. The number of rotatable bonds is 7. The molecule has 0 radical (unpaired) electrons. The average Bonchev–Trinajstić information content (AvgIpc) is 0.740. The molecule has 1 unspecified atom stereocenters. The largest absolute Gasteiger partial charge is 0.416 e. The number of nitrogens with zero attached hydrogens (tertiary/aromatic N) is 6. The van der Waals surface area contributed by atoms with E-state index in [9.17, 15) is 13.2 Å². The first-order valence-corrected chi connectivity index (χ1v) is 44.8. The molecule has 1 fully saturated rings. The van der Waals surface area contributed by atoms with Gasteiger partial charge in [-0.15, -0.1) is 0 Å². The zero-order valence-electron chi connectivity index (χ0n) is 72.9. The van der Waals surface area contributed by atoms with E-state index in [0.29, 0.717) is 18.3 Å². The molecule has 0 saturated carbocycles. The number of aryl methyl sites for hydroxylation is 6. The van der Waals surface area contributed by atoms with Crippen LogP contribution in [0.25, 0.3) is 16.7 Å². The van der Waals surface area contributed by atoms with Crippen LogP contribution in [-0.2, 0) is 31.9 Å². The van der Waals surface area contributed by atoms with Gasteiger partial charge in [-0.3, -0.25) is 0 Å². The summed E-state index contributed by atoms with van der Waals surface area (Å²) in [7, 11) is 6.50. The molecule has 0 spiro atoms. The summed E-state index contributed by atoms with van der Waals surface area (Å²) in [5, 5.41) is 2.39. The summed E-state index contributed by atoms with van der Waals surface area (Å²) in [6.45, 7) is 38.1. The predicted octanol–water partition coefficient (Wildman–Crippen LogP) is 25.6. The fourth-order valence-corrected chi connectivity index (χ4v) is 19.8. The van der Waals surface area contributed by atoms with Crippen molar-refractivity contribution in [1.29, 1.82) is 0 Å². The molecule has 4 aliphatic heterocycles. The van der Waals surface area contributed by atoms with E-state index in [0.717, 1.165) is 111 Å². The molecule has 10 aromatic carbocycles. The van der Waals surface area contributed by atoms with Gasteiger partial charge in [0.1, 0.15) is 0 Å². The van der Waals surface area contributed by atoms with Crippen LogP contribution >= 0.6 is 23.5 Å². The maximum atomic E-state index is 13.9. The molecule has 0 amide bonds. The van der Waals surface area contributed by atoms with Crippen molar-refractivity contribution in [2.24, 2.45) is 4.99 Å². The molecule has 118 heavy (non-hydrogen) atoms. The minimum absolute atomic E-state index is 0.434. The Balaban J connectivity index is 0.000000149. The zero-order valence-corrected chi connectivity index (χ0v) is 74.5. The van der Waals surface area contributed by atoms with Crippen molar-refractivity contribution in [3.8, 4) is 0 Å². The molecule has 0 N–H and O–H groups in total. The maximum Gasteiger partial charge on any atom is 0.416 e. The molecular weight excluding hydrogens is 1490 g/mol. The predicted molar refractivity (Wildman–Crippen MR) is 498 cm³/mol. The van der Waals surface area contributed by atoms with Gasteiger partial charge in [-0.1, -0.05) is 270 Å². The van der Waals surface area contributed by atoms with Crippen LogP contribution in [0.4, 0.5) is 30.2 Å². The van der Waals surface area contributed by atoms with Crippen LogP contribution in [0.1, 0.15) is 198 Å². The summed E-state index contributed by atoms with van der Waals surface area (Å²) in [6.07, 6.45) is 11.6. The van der Waals surface area contributed by atoms with Gasteiger partial charge in [-0.2, -0.15) is 13.2 Å². The third-order valence-corrected chi connectivity index (χ3v) is 25.9. The van der Waals surface area contributed by atoms with Gasteiger partial charge in [0.05, 0.1) is 39.4 Å². The Kier molecular flexibility index (Phi) is 27.8. The van der Waals surface area contributed by atoms with E-state index in [2.05, 4.69) is 294 Å². The van der Waals surface area contributed by atoms with Crippen molar-refractivity contribution in [1.82, 2.24) is 14.7 Å². The van der Waals surface area contributed by atoms with Crippen molar-refractivity contribution in [2.45, 2.75) is 171 Å². The number of halogens is 3. The van der Waals surface area contributed by atoms with Gasteiger partial charge in [-0.25, -0.2) is 4.99 Å². The summed E-state index contributed by atoms with van der Waals surface area (Å²) in [6, 6.07) is 70.1. The van der Waals surface area contributed by atoms with Crippen LogP contribution < -0.4 is 20.4 Å². The summed E-state index contributed by atoms with van der Waals surface area (Å²) in [5.41, 5.74) is 38.4. The van der Waals surface area contributed by atoms with Crippen molar-refractivity contribution < 1.29 is 13.2 Å². The normalized spacial score (nSPS) is 15.9. The van der Waals surface area contributed by atoms with E-state index in [1.165, 1.54) is 178 Å². The van der Waals surface area contributed by atoms with Gasteiger partial charge in [0.25, 0.3) is 0 Å². The molecule has 19 rings (SSSR count). The number of allylic oxidation sites excluding steroid dienone is 6. The first-order chi connectivity index (χ1) is 57.2. The SMILES string of the molecule is CC.CC.CC.CC.Cc1ccc2c(c1)Cc1cc(C)ccc1C2=C1C=C2C(=CC1)Sc1ccc(C(F)(F)F)cc1N2CCCN1CCN(C)CC1.Cc1ccc2c(c1)Cc1cc(C)ccc1C2=C1C=C2C(=CC1)Sc1ccccc1N2CC(C)N(C)C.Cc1ccc2c(c1)Cc1cc(C)ccc1C2=c1ccc2c(c1)Cc1ccccc1N=2. The number of anilines is 2. The highest BCUT2D eigenvalue weighted by atomic mass is 32.2. The molecule has 610 valence electrons. The van der Waals surface area contributed by atoms with Crippen LogP contribution in [0.2, 0.25) is 0 Å². The number of hydrogen-bond donors (Lipinski definition) is 0. The van der Waals surface area contributed by atoms with E-state index < -0.39 is 11.7 Å². The van der Waals surface area contributed by atoms with Crippen LogP contribution in [-0.4, -0.2) is 87.7 Å². The van der Waals surface area contributed by atoms with Crippen LogP contribution in [0, 0.1) is 41.5 Å². The second kappa shape index (κ2) is 38.1. The molecule has 1 saturated heterocycles. The highest BCUT2D eigenvalue weighted by molar-refractivity contribution is 8.03. The topological polar surface area (TPSA) is 28.6 Å². The second-order valence-electron chi connectivity index (χ2n) is 32.0. The Morgan fingerprint density at radius 1 is 0.424 bits per heavy atom. The van der Waals surface area contributed by atoms with Crippen LogP contribution in [0.15, 0.2) is 266 Å². The van der Waals surface area contributed by atoms with E-state index >= 15 is 0 Å². The van der Waals surface area contributed by atoms with E-state index in [1.807, 2.05) is 67.2 Å². The molecular formula is C107H119F3N6S2. The molecule has 9 aliphatic rings. The second-order valence-corrected chi connectivity index (χ2v) is 34.1. The number of benzene rings is 10. The summed E-state index contributed by atoms with van der Waals surface area (Å²) in [4.78, 5) is 21.5. The molecule has 6 nitrogen and oxygen atoms in total. The van der Waals surface area contributed by atoms with E-state index in [4.69, 9.17) is 4.99 Å². The molecule has 5 aliphatic carbocycles. The summed E-state index contributed by atoms with van der Waals surface area (Å²) >= 11 is 3.51. The summed E-state index contributed by atoms with van der Waals surface area (Å²) in [5.74, 6) is 0. The first kappa shape index (κ1) is 86.1. The van der Waals surface area contributed by atoms with Gasteiger partial charge in [0.2, 0.25) is 0 Å². The number of alkyl halides is 3. The number of para-hydroxylation sites is 2. The zero-order chi connectivity index (χ0) is 83.8. The summed E-state index contributed by atoms with van der Waals surface area (Å²) < 4.78 is 41.8. The van der Waals surface area contributed by atoms with Gasteiger partial charge in [0.15, 0.2) is 0 Å². The number of likely N-dealkylation sites (N-methyl/N-ethyl adjacent to an activating group) is 2. The van der Waals surface area contributed by atoms with Crippen molar-refractivity contribution in [3.63, 3.8) is 0 Å². The molecule has 10 aromatic rings.